The monoisotopic (exact) mass is 284 g/mol. The molecule has 0 unspecified atom stereocenters. The Kier molecular flexibility index (Phi) is 6.57. The fourth-order valence-electron chi connectivity index (χ4n) is 1.07. The lowest BCUT2D eigenvalue weighted by Gasteiger charge is -2.17. The molecule has 0 saturated heterocycles. The van der Waals surface area contributed by atoms with Crippen LogP contribution in [0.25, 0.3) is 5.41 Å². The normalized spacial score (nSPS) is 13.3. The number of nitrogens with zero attached hydrogens (tertiary/aromatic N) is 1. The Labute approximate surface area is 104 Å². The van der Waals surface area contributed by atoms with Gasteiger partial charge in [-0.25, -0.2) is 0 Å². The third-order valence-corrected chi connectivity index (χ3v) is 3.59. The van der Waals surface area contributed by atoms with E-state index in [1.54, 1.807) is 0 Å². The largest absolute Gasteiger partial charge is 0.763 e. The lowest BCUT2D eigenvalue weighted by atomic mass is 10.1. The van der Waals surface area contributed by atoms with E-state index in [1.165, 1.54) is 19.7 Å². The lowest BCUT2D eigenvalue weighted by Crippen LogP contribution is -2.13. The van der Waals surface area contributed by atoms with E-state index in [-0.39, 0.29) is 13.2 Å². The molecule has 0 aromatic rings. The van der Waals surface area contributed by atoms with Crippen molar-refractivity contribution >= 4 is 13.5 Å². The van der Waals surface area contributed by atoms with Crippen molar-refractivity contribution in [2.24, 2.45) is 0 Å². The molecule has 0 atom stereocenters. The van der Waals surface area contributed by atoms with Gasteiger partial charge in [-0.15, -0.1) is 0 Å². The van der Waals surface area contributed by atoms with E-state index in [0.717, 1.165) is 6.92 Å². The minimum Gasteiger partial charge on any atom is -0.763 e. The van der Waals surface area contributed by atoms with Crippen LogP contribution in [0.2, 0.25) is 0 Å². The van der Waals surface area contributed by atoms with Crippen molar-refractivity contribution in [1.82, 2.24) is 0 Å². The summed E-state index contributed by atoms with van der Waals surface area (Å²) in [6, 6.07) is 0. The summed E-state index contributed by atoms with van der Waals surface area (Å²) in [5, 5.41) is 8.53. The molecule has 0 fully saturated rings. The van der Waals surface area contributed by atoms with Crippen LogP contribution < -0.4 is 0 Å². The van der Waals surface area contributed by atoms with Gasteiger partial charge in [-0.05, 0) is 26.3 Å². The first-order valence-corrected chi connectivity index (χ1v) is 6.74. The molecule has 0 aliphatic rings. The standard InChI is InChI=1S/C10H14F3NO3P/c1-4-16-18(15,17-5-2)7-9(8(3)6-14)10(11,12)13/h7H,4-5H2,1-3H3/q-1/b9-7+. The molecule has 0 bridgehead atoms. The molecule has 18 heavy (non-hydrogen) atoms. The fourth-order valence-corrected chi connectivity index (χ4v) is 2.67. The number of rotatable bonds is 6. The van der Waals surface area contributed by atoms with Crippen LogP contribution in [-0.2, 0) is 13.6 Å². The van der Waals surface area contributed by atoms with E-state index in [9.17, 15) is 17.7 Å². The molecule has 0 aromatic heterocycles. The Bertz CT molecular complexity index is 401. The quantitative estimate of drug-likeness (QED) is 0.422. The minimum atomic E-state index is -4.79. The third-order valence-electron chi connectivity index (χ3n) is 1.78. The summed E-state index contributed by atoms with van der Waals surface area (Å²) in [6.45, 7) is 3.82. The highest BCUT2D eigenvalue weighted by atomic mass is 31.2. The van der Waals surface area contributed by atoms with Crippen LogP contribution >= 0.6 is 7.60 Å². The zero-order valence-corrected chi connectivity index (χ0v) is 11.1. The van der Waals surface area contributed by atoms with Crippen LogP contribution in [0.5, 0.6) is 0 Å². The van der Waals surface area contributed by atoms with E-state index in [1.807, 2.05) is 0 Å². The molecule has 0 aliphatic carbocycles. The number of hydrogen-bond donors (Lipinski definition) is 0. The van der Waals surface area contributed by atoms with Gasteiger partial charge in [0, 0.05) is 5.82 Å². The van der Waals surface area contributed by atoms with Crippen LogP contribution in [-0.4, -0.2) is 25.3 Å². The molecule has 0 radical (unpaired) electrons. The molecule has 0 aliphatic heterocycles. The van der Waals surface area contributed by atoms with Gasteiger partial charge < -0.3 is 14.5 Å². The zero-order chi connectivity index (χ0) is 14.4. The minimum absolute atomic E-state index is 0.0650. The van der Waals surface area contributed by atoms with E-state index in [2.05, 4.69) is 0 Å². The maximum Gasteiger partial charge on any atom is 0.417 e. The molecular weight excluding hydrogens is 270 g/mol. The average molecular weight is 284 g/mol. The second-order valence-electron chi connectivity index (χ2n) is 3.15. The highest BCUT2D eigenvalue weighted by molar-refractivity contribution is 7.57. The number of allylic oxidation sites excluding steroid dienone is 2. The Balaban J connectivity index is 5.64. The van der Waals surface area contributed by atoms with E-state index in [0.29, 0.717) is 5.82 Å². The van der Waals surface area contributed by atoms with Crippen LogP contribution in [0.3, 0.4) is 0 Å². The topological polar surface area (TPSA) is 57.8 Å². The first-order chi connectivity index (χ1) is 8.20. The summed E-state index contributed by atoms with van der Waals surface area (Å²) in [6.07, 6.45) is -4.79. The maximum atomic E-state index is 12.7. The summed E-state index contributed by atoms with van der Waals surface area (Å²) in [5.41, 5.74) is -1.89. The summed E-state index contributed by atoms with van der Waals surface area (Å²) < 4.78 is 59.5. The molecule has 0 rings (SSSR count). The highest BCUT2D eigenvalue weighted by Crippen LogP contribution is 2.52. The lowest BCUT2D eigenvalue weighted by molar-refractivity contribution is -0.0891. The second-order valence-corrected chi connectivity index (χ2v) is 5.01. The first kappa shape index (κ1) is 17.1. The Morgan fingerprint density at radius 1 is 1.33 bits per heavy atom. The van der Waals surface area contributed by atoms with E-state index < -0.39 is 24.9 Å². The van der Waals surface area contributed by atoms with Gasteiger partial charge in [0.25, 0.3) is 0 Å². The van der Waals surface area contributed by atoms with Crippen molar-refractivity contribution < 1.29 is 26.8 Å². The third kappa shape index (κ3) is 5.19. The van der Waals surface area contributed by atoms with Gasteiger partial charge in [0.15, 0.2) is 0 Å². The van der Waals surface area contributed by atoms with Gasteiger partial charge in [0.05, 0.1) is 18.8 Å². The van der Waals surface area contributed by atoms with Crippen molar-refractivity contribution in [2.75, 3.05) is 13.2 Å². The number of hydrogen-bond acceptors (Lipinski definition) is 3. The Morgan fingerprint density at radius 3 is 2.06 bits per heavy atom. The molecule has 4 nitrogen and oxygen atoms in total. The van der Waals surface area contributed by atoms with Gasteiger partial charge >= 0.3 is 13.8 Å². The van der Waals surface area contributed by atoms with Gasteiger partial charge in [0.1, 0.15) is 0 Å². The predicted molar refractivity (Wildman–Crippen MR) is 62.5 cm³/mol. The van der Waals surface area contributed by atoms with Crippen molar-refractivity contribution in [3.63, 3.8) is 0 Å². The fraction of sp³-hybridized carbons (Fsp3) is 0.600. The van der Waals surface area contributed by atoms with Gasteiger partial charge in [-0.1, -0.05) is 0 Å². The molecule has 0 aromatic carbocycles. The molecule has 0 amide bonds. The summed E-state index contributed by atoms with van der Waals surface area (Å²) in [4.78, 5) is 0. The summed E-state index contributed by atoms with van der Waals surface area (Å²) >= 11 is 0. The molecule has 104 valence electrons. The first-order valence-electron chi connectivity index (χ1n) is 5.13. The van der Waals surface area contributed by atoms with Gasteiger partial charge in [-0.2, -0.15) is 13.2 Å². The van der Waals surface area contributed by atoms with Crippen LogP contribution in [0.1, 0.15) is 20.8 Å². The van der Waals surface area contributed by atoms with Crippen molar-refractivity contribution in [1.29, 1.82) is 0 Å². The summed E-state index contributed by atoms with van der Waals surface area (Å²) in [7, 11) is -3.99. The molecular formula is C10H14F3NO3P-. The maximum absolute atomic E-state index is 12.7. The Morgan fingerprint density at radius 2 is 1.78 bits per heavy atom. The molecule has 8 heteroatoms. The summed E-state index contributed by atoms with van der Waals surface area (Å²) in [5.74, 6) is 1.73. The number of alkyl halides is 3. The van der Waals surface area contributed by atoms with E-state index >= 15 is 0 Å². The average Bonchev–Trinajstić information content (AvgIpc) is 2.24. The molecule has 0 heterocycles. The van der Waals surface area contributed by atoms with Crippen molar-refractivity contribution in [2.45, 2.75) is 26.9 Å². The molecule has 0 saturated carbocycles. The van der Waals surface area contributed by atoms with Crippen LogP contribution in [0.15, 0.2) is 17.0 Å². The Hall–Kier alpha value is -0.870. The SMILES string of the molecule is CCOP(=O)(/C=C(\C(C)=C=[N-])C(F)(F)F)OCC. The predicted octanol–water partition coefficient (Wildman–Crippen LogP) is 3.88. The van der Waals surface area contributed by atoms with E-state index in [4.69, 9.17) is 14.5 Å². The number of halogens is 3. The second kappa shape index (κ2) is 6.90. The molecule has 0 N–H and O–H groups in total. The van der Waals surface area contributed by atoms with Crippen molar-refractivity contribution in [3.05, 3.63) is 22.4 Å². The van der Waals surface area contributed by atoms with Crippen LogP contribution in [0, 0.1) is 0 Å². The van der Waals surface area contributed by atoms with Gasteiger partial charge in [-0.3, -0.25) is 10.4 Å². The molecule has 0 spiro atoms. The highest BCUT2D eigenvalue weighted by Gasteiger charge is 2.37. The van der Waals surface area contributed by atoms with Gasteiger partial charge in [0.2, 0.25) is 0 Å². The zero-order valence-electron chi connectivity index (χ0n) is 10.2. The van der Waals surface area contributed by atoms with Crippen molar-refractivity contribution in [3.8, 4) is 0 Å². The smallest absolute Gasteiger partial charge is 0.417 e. The van der Waals surface area contributed by atoms with Crippen LogP contribution in [0.4, 0.5) is 13.2 Å².